The zero-order valence-corrected chi connectivity index (χ0v) is 10.8. The molecule has 0 aromatic rings. The van der Waals surface area contributed by atoms with E-state index in [9.17, 15) is 4.79 Å². The molecule has 1 aliphatic rings. The van der Waals surface area contributed by atoms with Gasteiger partial charge in [-0.3, -0.25) is 4.79 Å². The van der Waals surface area contributed by atoms with E-state index in [4.69, 9.17) is 4.74 Å². The van der Waals surface area contributed by atoms with Crippen molar-refractivity contribution >= 4 is 14.0 Å². The van der Waals surface area contributed by atoms with E-state index in [0.717, 1.165) is 6.42 Å². The van der Waals surface area contributed by atoms with Crippen LogP contribution < -0.4 is 0 Å². The monoisotopic (exact) mass is 212 g/mol. The van der Waals surface area contributed by atoms with Crippen molar-refractivity contribution < 1.29 is 9.53 Å². The van der Waals surface area contributed by atoms with Crippen LogP contribution >= 0.6 is 0 Å². The molecule has 3 heteroatoms. The maximum absolute atomic E-state index is 11.8. The Balaban J connectivity index is 2.73. The molecule has 0 heterocycles. The number of ether oxygens (including phenoxy) is 1. The van der Waals surface area contributed by atoms with Gasteiger partial charge in [0.2, 0.25) is 0 Å². The Morgan fingerprint density at radius 3 is 2.29 bits per heavy atom. The third kappa shape index (κ3) is 1.78. The van der Waals surface area contributed by atoms with Crippen molar-refractivity contribution in [1.29, 1.82) is 0 Å². The first-order chi connectivity index (χ1) is 6.38. The molecule has 0 aromatic carbocycles. The van der Waals surface area contributed by atoms with Gasteiger partial charge in [-0.1, -0.05) is 37.8 Å². The van der Waals surface area contributed by atoms with Gasteiger partial charge >= 0.3 is 5.97 Å². The van der Waals surface area contributed by atoms with E-state index in [0.29, 0.717) is 6.61 Å². The van der Waals surface area contributed by atoms with E-state index in [-0.39, 0.29) is 11.4 Å². The van der Waals surface area contributed by atoms with E-state index in [1.54, 1.807) is 0 Å². The highest BCUT2D eigenvalue weighted by molar-refractivity contribution is 6.85. The van der Waals surface area contributed by atoms with Gasteiger partial charge in [-0.15, -0.1) is 0 Å². The maximum atomic E-state index is 11.8. The lowest BCUT2D eigenvalue weighted by atomic mass is 10.0. The highest BCUT2D eigenvalue weighted by Gasteiger charge is 2.54. The van der Waals surface area contributed by atoms with Crippen molar-refractivity contribution in [2.45, 2.75) is 39.9 Å². The van der Waals surface area contributed by atoms with Gasteiger partial charge in [0, 0.05) is 0 Å². The van der Waals surface area contributed by atoms with Crippen LogP contribution in [0.5, 0.6) is 0 Å². The molecule has 80 valence electrons. The van der Waals surface area contributed by atoms with Crippen LogP contribution in [0.15, 0.2) is 11.3 Å². The first-order valence-corrected chi connectivity index (χ1v) is 8.79. The van der Waals surface area contributed by atoms with Crippen molar-refractivity contribution in [3.05, 3.63) is 11.3 Å². The molecule has 0 spiro atoms. The molecule has 14 heavy (non-hydrogen) atoms. The quantitative estimate of drug-likeness (QED) is 0.529. The molecule has 1 aliphatic carbocycles. The molecule has 0 saturated carbocycles. The Labute approximate surface area is 87.3 Å². The largest absolute Gasteiger partial charge is 0.465 e. The topological polar surface area (TPSA) is 26.3 Å². The zero-order valence-electron chi connectivity index (χ0n) is 9.81. The first kappa shape index (κ1) is 11.5. The molecule has 0 saturated heterocycles. The molecular weight excluding hydrogens is 192 g/mol. The van der Waals surface area contributed by atoms with E-state index < -0.39 is 8.07 Å². The fraction of sp³-hybridized carbons (Fsp3) is 0.727. The van der Waals surface area contributed by atoms with Gasteiger partial charge < -0.3 is 4.74 Å². The molecule has 2 nitrogen and oxygen atoms in total. The molecule has 0 radical (unpaired) electrons. The van der Waals surface area contributed by atoms with Gasteiger partial charge in [0.15, 0.2) is 0 Å². The van der Waals surface area contributed by atoms with Crippen LogP contribution in [0.3, 0.4) is 0 Å². The SMILES string of the molecule is CCOC(=O)[C@]1(CC)C=C1[Si](C)(C)C. The lowest BCUT2D eigenvalue weighted by molar-refractivity contribution is -0.148. The number of rotatable bonds is 4. The van der Waals surface area contributed by atoms with Crippen LogP contribution in [0.25, 0.3) is 0 Å². The number of carbonyl (C=O) groups is 1. The average Bonchev–Trinajstić information content (AvgIpc) is 2.79. The highest BCUT2D eigenvalue weighted by Crippen LogP contribution is 2.52. The number of hydrogen-bond donors (Lipinski definition) is 0. The van der Waals surface area contributed by atoms with E-state index in [2.05, 4.69) is 32.6 Å². The molecule has 0 N–H and O–H groups in total. The summed E-state index contributed by atoms with van der Waals surface area (Å²) in [7, 11) is -1.31. The molecule has 0 fully saturated rings. The summed E-state index contributed by atoms with van der Waals surface area (Å²) in [4.78, 5) is 11.8. The summed E-state index contributed by atoms with van der Waals surface area (Å²) in [5.41, 5.74) is -0.305. The highest BCUT2D eigenvalue weighted by atomic mass is 28.3. The van der Waals surface area contributed by atoms with E-state index >= 15 is 0 Å². The van der Waals surface area contributed by atoms with Gasteiger partial charge in [-0.2, -0.15) is 0 Å². The summed E-state index contributed by atoms with van der Waals surface area (Å²) >= 11 is 0. The predicted octanol–water partition coefficient (Wildman–Crippen LogP) is 2.76. The van der Waals surface area contributed by atoms with E-state index in [1.807, 2.05) is 6.92 Å². The van der Waals surface area contributed by atoms with Crippen LogP contribution in [0, 0.1) is 5.41 Å². The Bertz CT molecular complexity index is 276. The third-order valence-corrected chi connectivity index (χ3v) is 5.00. The van der Waals surface area contributed by atoms with Crippen molar-refractivity contribution in [3.63, 3.8) is 0 Å². The summed E-state index contributed by atoms with van der Waals surface area (Å²) in [5, 5.41) is 1.37. The number of carbonyl (C=O) groups excluding carboxylic acids is 1. The van der Waals surface area contributed by atoms with Crippen LogP contribution in [0.2, 0.25) is 19.6 Å². The minimum absolute atomic E-state index is 0.0417. The van der Waals surface area contributed by atoms with Crippen molar-refractivity contribution in [2.75, 3.05) is 6.61 Å². The Hall–Kier alpha value is -0.573. The maximum Gasteiger partial charge on any atom is 0.319 e. The number of hydrogen-bond acceptors (Lipinski definition) is 2. The normalized spacial score (nSPS) is 25.6. The molecule has 0 aromatic heterocycles. The molecule has 0 aliphatic heterocycles. The zero-order chi connectivity index (χ0) is 11.0. The summed E-state index contributed by atoms with van der Waals surface area (Å²) in [6.45, 7) is 11.2. The Morgan fingerprint density at radius 1 is 1.43 bits per heavy atom. The van der Waals surface area contributed by atoms with Crippen molar-refractivity contribution in [1.82, 2.24) is 0 Å². The lowest BCUT2D eigenvalue weighted by Crippen LogP contribution is -2.30. The minimum atomic E-state index is -1.31. The first-order valence-electron chi connectivity index (χ1n) is 5.29. The van der Waals surface area contributed by atoms with Crippen LogP contribution in [-0.4, -0.2) is 20.7 Å². The molecule has 1 atom stereocenters. The lowest BCUT2D eigenvalue weighted by Gasteiger charge is -2.21. The fourth-order valence-electron chi connectivity index (χ4n) is 1.96. The summed E-state index contributed by atoms with van der Waals surface area (Å²) in [6, 6.07) is 0. The molecule has 0 bridgehead atoms. The average molecular weight is 212 g/mol. The van der Waals surface area contributed by atoms with E-state index in [1.165, 1.54) is 5.20 Å². The standard InChI is InChI=1S/C11H20O2Si/c1-6-11(10(12)13-7-2)8-9(11)14(3,4)5/h8H,6-7H2,1-5H3/t11-/m1/s1. The van der Waals surface area contributed by atoms with Gasteiger partial charge in [-0.25, -0.2) is 0 Å². The van der Waals surface area contributed by atoms with Crippen molar-refractivity contribution in [3.8, 4) is 0 Å². The van der Waals surface area contributed by atoms with Gasteiger partial charge in [0.05, 0.1) is 14.7 Å². The van der Waals surface area contributed by atoms with Gasteiger partial charge in [0.25, 0.3) is 0 Å². The Kier molecular flexibility index (Phi) is 2.90. The molecule has 1 rings (SSSR count). The second-order valence-corrected chi connectivity index (χ2v) is 9.89. The predicted molar refractivity (Wildman–Crippen MR) is 60.8 cm³/mol. The summed E-state index contributed by atoms with van der Waals surface area (Å²) in [5.74, 6) is -0.0417. The van der Waals surface area contributed by atoms with Gasteiger partial charge in [-0.05, 0) is 13.3 Å². The van der Waals surface area contributed by atoms with Crippen molar-refractivity contribution in [2.24, 2.45) is 5.41 Å². The van der Waals surface area contributed by atoms with Gasteiger partial charge in [0.1, 0.15) is 5.41 Å². The second-order valence-electron chi connectivity index (χ2n) is 4.85. The summed E-state index contributed by atoms with van der Waals surface area (Å²) in [6.07, 6.45) is 2.97. The minimum Gasteiger partial charge on any atom is -0.465 e. The molecule has 0 amide bonds. The third-order valence-electron chi connectivity index (χ3n) is 2.79. The van der Waals surface area contributed by atoms with Crippen LogP contribution in [0.4, 0.5) is 0 Å². The Morgan fingerprint density at radius 2 is 2.00 bits per heavy atom. The number of esters is 1. The molecular formula is C11H20O2Si. The summed E-state index contributed by atoms with van der Waals surface area (Å²) < 4.78 is 5.12. The van der Waals surface area contributed by atoms with Crippen LogP contribution in [0.1, 0.15) is 20.3 Å². The fourth-order valence-corrected chi connectivity index (χ4v) is 4.26. The molecule has 0 unspecified atom stereocenters. The smallest absolute Gasteiger partial charge is 0.319 e. The second kappa shape index (κ2) is 3.53. The van der Waals surface area contributed by atoms with Crippen LogP contribution in [-0.2, 0) is 9.53 Å².